The van der Waals surface area contributed by atoms with Crippen molar-refractivity contribution in [2.75, 3.05) is 20.0 Å². The minimum Gasteiger partial charge on any atom is -0.497 e. The number of hydrogen-bond acceptors (Lipinski definition) is 6. The van der Waals surface area contributed by atoms with Gasteiger partial charge in [0.1, 0.15) is 11.5 Å². The Kier molecular flexibility index (Phi) is 5.99. The fourth-order valence-corrected chi connectivity index (χ4v) is 5.44. The highest BCUT2D eigenvalue weighted by Gasteiger charge is 2.40. The molecule has 1 amide bonds. The van der Waals surface area contributed by atoms with E-state index in [4.69, 9.17) is 9.47 Å². The van der Waals surface area contributed by atoms with E-state index >= 15 is 0 Å². The molecule has 2 fully saturated rings. The van der Waals surface area contributed by atoms with E-state index in [2.05, 4.69) is 15.5 Å². The number of nitrogens with zero attached hydrogens (tertiary/aromatic N) is 3. The van der Waals surface area contributed by atoms with Gasteiger partial charge in [0.15, 0.2) is 11.0 Å². The van der Waals surface area contributed by atoms with Gasteiger partial charge in [-0.25, -0.2) is 0 Å². The number of ether oxygens (including phenoxy) is 2. The van der Waals surface area contributed by atoms with Crippen LogP contribution in [0.3, 0.4) is 0 Å². The van der Waals surface area contributed by atoms with Gasteiger partial charge in [-0.05, 0) is 50.2 Å². The van der Waals surface area contributed by atoms with Gasteiger partial charge in [0.2, 0.25) is 5.91 Å². The highest BCUT2D eigenvalue weighted by atomic mass is 32.2. The summed E-state index contributed by atoms with van der Waals surface area (Å²) >= 11 is 1.43. The first-order valence-corrected chi connectivity index (χ1v) is 11.2. The lowest BCUT2D eigenvalue weighted by molar-refractivity contribution is -0.119. The summed E-state index contributed by atoms with van der Waals surface area (Å²) < 4.78 is 12.8. The van der Waals surface area contributed by atoms with Gasteiger partial charge in [0.25, 0.3) is 0 Å². The number of methoxy groups -OCH3 is 2. The fourth-order valence-electron chi connectivity index (χ4n) is 4.63. The van der Waals surface area contributed by atoms with Gasteiger partial charge in [-0.1, -0.05) is 18.2 Å². The molecule has 2 aromatic rings. The first-order valence-electron chi connectivity index (χ1n) is 10.2. The molecule has 2 aliphatic rings. The van der Waals surface area contributed by atoms with Crippen molar-refractivity contribution in [2.24, 2.45) is 11.8 Å². The van der Waals surface area contributed by atoms with Crippen LogP contribution in [0.1, 0.15) is 32.6 Å². The summed E-state index contributed by atoms with van der Waals surface area (Å²) in [6.45, 7) is 2.75. The Morgan fingerprint density at radius 2 is 1.93 bits per heavy atom. The van der Waals surface area contributed by atoms with Gasteiger partial charge in [-0.15, -0.1) is 10.2 Å². The number of hydrogen-bond donors (Lipinski definition) is 1. The molecule has 7 nitrogen and oxygen atoms in total. The lowest BCUT2D eigenvalue weighted by Gasteiger charge is -2.22. The molecule has 0 spiro atoms. The Morgan fingerprint density at radius 1 is 1.17 bits per heavy atom. The second-order valence-electron chi connectivity index (χ2n) is 7.79. The van der Waals surface area contributed by atoms with Crippen LogP contribution < -0.4 is 14.8 Å². The molecule has 4 rings (SSSR count). The second-order valence-corrected chi connectivity index (χ2v) is 8.73. The normalized spacial score (nSPS) is 22.7. The standard InChI is InChI=1S/C21H28N4O3S/c1-4-25-20(15-9-16(27-2)11-17(10-15)28-3)23-24-21(25)29-12-19(26)22-18-8-13-5-6-14(18)7-13/h9-11,13-14,18H,4-8,12H2,1-3H3,(H,22,26)/t13-,14-,18+/m0/s1. The number of aromatic nitrogens is 3. The molecule has 3 atom stereocenters. The van der Waals surface area contributed by atoms with E-state index in [9.17, 15) is 4.79 Å². The van der Waals surface area contributed by atoms with E-state index in [1.807, 2.05) is 29.7 Å². The molecule has 8 heteroatoms. The van der Waals surface area contributed by atoms with Gasteiger partial charge < -0.3 is 19.4 Å². The predicted octanol–water partition coefficient (Wildman–Crippen LogP) is 3.38. The Bertz CT molecular complexity index is 863. The first kappa shape index (κ1) is 20.1. The predicted molar refractivity (Wildman–Crippen MR) is 112 cm³/mol. The minimum absolute atomic E-state index is 0.0859. The second kappa shape index (κ2) is 8.65. The molecule has 1 aromatic heterocycles. The summed E-state index contributed by atoms with van der Waals surface area (Å²) in [5, 5.41) is 12.7. The fraction of sp³-hybridized carbons (Fsp3) is 0.571. The van der Waals surface area contributed by atoms with E-state index in [0.717, 1.165) is 28.9 Å². The van der Waals surface area contributed by atoms with Crippen LogP contribution in [0.2, 0.25) is 0 Å². The average molecular weight is 417 g/mol. The zero-order valence-electron chi connectivity index (χ0n) is 17.2. The maximum absolute atomic E-state index is 12.5. The summed E-state index contributed by atoms with van der Waals surface area (Å²) in [6, 6.07) is 6.01. The summed E-state index contributed by atoms with van der Waals surface area (Å²) in [6.07, 6.45) is 5.03. The Hall–Kier alpha value is -2.22. The largest absolute Gasteiger partial charge is 0.497 e. The molecule has 0 aliphatic heterocycles. The Balaban J connectivity index is 1.44. The number of carbonyl (C=O) groups excluding carboxylic acids is 1. The van der Waals surface area contributed by atoms with Gasteiger partial charge >= 0.3 is 0 Å². The third kappa shape index (κ3) is 4.22. The Morgan fingerprint density at radius 3 is 2.52 bits per heavy atom. The molecule has 2 aliphatic carbocycles. The molecule has 0 radical (unpaired) electrons. The van der Waals surface area contributed by atoms with Crippen LogP contribution in [-0.4, -0.2) is 46.7 Å². The molecule has 1 heterocycles. The van der Waals surface area contributed by atoms with Crippen molar-refractivity contribution in [2.45, 2.75) is 50.4 Å². The van der Waals surface area contributed by atoms with Crippen molar-refractivity contribution in [3.8, 4) is 22.9 Å². The monoisotopic (exact) mass is 416 g/mol. The van der Waals surface area contributed by atoms with Crippen LogP contribution in [0.4, 0.5) is 0 Å². The SMILES string of the molecule is CCn1c(SCC(=O)N[C@@H]2C[C@H]3CC[C@H]2C3)nnc1-c1cc(OC)cc(OC)c1. The van der Waals surface area contributed by atoms with Crippen LogP contribution in [0.15, 0.2) is 23.4 Å². The minimum atomic E-state index is 0.0859. The molecule has 0 saturated heterocycles. The van der Waals surface area contributed by atoms with Crippen molar-refractivity contribution in [1.29, 1.82) is 0 Å². The van der Waals surface area contributed by atoms with Crippen molar-refractivity contribution >= 4 is 17.7 Å². The maximum atomic E-state index is 12.5. The third-order valence-corrected chi connectivity index (χ3v) is 7.03. The smallest absolute Gasteiger partial charge is 0.230 e. The molecular weight excluding hydrogens is 388 g/mol. The summed E-state index contributed by atoms with van der Waals surface area (Å²) in [4.78, 5) is 12.5. The van der Waals surface area contributed by atoms with Crippen molar-refractivity contribution in [3.05, 3.63) is 18.2 Å². The Labute approximate surface area is 175 Å². The number of benzene rings is 1. The third-order valence-electron chi connectivity index (χ3n) is 6.06. The van der Waals surface area contributed by atoms with Crippen molar-refractivity contribution < 1.29 is 14.3 Å². The zero-order chi connectivity index (χ0) is 20.4. The summed E-state index contributed by atoms with van der Waals surface area (Å²) in [7, 11) is 3.25. The highest BCUT2D eigenvalue weighted by Crippen LogP contribution is 2.44. The van der Waals surface area contributed by atoms with Gasteiger partial charge in [-0.3, -0.25) is 4.79 Å². The molecule has 2 saturated carbocycles. The van der Waals surface area contributed by atoms with E-state index in [-0.39, 0.29) is 5.91 Å². The van der Waals surface area contributed by atoms with Gasteiger partial charge in [-0.2, -0.15) is 0 Å². The molecular formula is C21H28N4O3S. The number of thioether (sulfide) groups is 1. The van der Waals surface area contributed by atoms with Crippen LogP contribution in [0.5, 0.6) is 11.5 Å². The number of rotatable bonds is 8. The molecule has 1 aromatic carbocycles. The summed E-state index contributed by atoms with van der Waals surface area (Å²) in [5.41, 5.74) is 0.869. The van der Waals surface area contributed by atoms with Gasteiger partial charge in [0.05, 0.1) is 20.0 Å². The average Bonchev–Trinajstić information content (AvgIpc) is 3.46. The lowest BCUT2D eigenvalue weighted by Crippen LogP contribution is -2.39. The molecule has 2 bridgehead atoms. The van der Waals surface area contributed by atoms with E-state index in [1.54, 1.807) is 14.2 Å². The van der Waals surface area contributed by atoms with Crippen molar-refractivity contribution in [3.63, 3.8) is 0 Å². The lowest BCUT2D eigenvalue weighted by atomic mass is 9.95. The molecule has 0 unspecified atom stereocenters. The first-order chi connectivity index (χ1) is 14.1. The number of fused-ring (bicyclic) bond motifs is 2. The van der Waals surface area contributed by atoms with E-state index < -0.39 is 0 Å². The van der Waals surface area contributed by atoms with E-state index in [0.29, 0.717) is 35.8 Å². The van der Waals surface area contributed by atoms with Crippen LogP contribution in [0.25, 0.3) is 11.4 Å². The zero-order valence-corrected chi connectivity index (χ0v) is 18.0. The summed E-state index contributed by atoms with van der Waals surface area (Å²) in [5.74, 6) is 4.08. The number of amides is 1. The van der Waals surface area contributed by atoms with Crippen molar-refractivity contribution in [1.82, 2.24) is 20.1 Å². The van der Waals surface area contributed by atoms with Gasteiger partial charge in [0, 0.05) is 24.2 Å². The topological polar surface area (TPSA) is 78.3 Å². The molecule has 29 heavy (non-hydrogen) atoms. The molecule has 156 valence electrons. The number of nitrogens with one attached hydrogen (secondary N) is 1. The highest BCUT2D eigenvalue weighted by molar-refractivity contribution is 7.99. The molecule has 1 N–H and O–H groups in total. The van der Waals surface area contributed by atoms with E-state index in [1.165, 1.54) is 31.0 Å². The van der Waals surface area contributed by atoms with Crippen LogP contribution in [0, 0.1) is 11.8 Å². The van der Waals surface area contributed by atoms with Crippen LogP contribution in [-0.2, 0) is 11.3 Å². The number of carbonyl (C=O) groups is 1. The maximum Gasteiger partial charge on any atom is 0.230 e. The van der Waals surface area contributed by atoms with Crippen LogP contribution >= 0.6 is 11.8 Å². The quantitative estimate of drug-likeness (QED) is 0.665.